The molecule has 4 aliphatic rings. The lowest BCUT2D eigenvalue weighted by atomic mass is 9.84. The van der Waals surface area contributed by atoms with Gasteiger partial charge in [0.15, 0.2) is 0 Å². The van der Waals surface area contributed by atoms with E-state index in [0.29, 0.717) is 16.6 Å². The Morgan fingerprint density at radius 2 is 0.857 bits per heavy atom. The lowest BCUT2D eigenvalue weighted by Crippen LogP contribution is -2.57. The van der Waals surface area contributed by atoms with Gasteiger partial charge >= 0.3 is 0 Å². The third kappa shape index (κ3) is 9.63. The van der Waals surface area contributed by atoms with Gasteiger partial charge in [-0.25, -0.2) is 0 Å². The number of hydrogen-bond acceptors (Lipinski definition) is 6. The van der Waals surface area contributed by atoms with E-state index < -0.39 is 0 Å². The normalized spacial score (nSPS) is 27.1. The van der Waals surface area contributed by atoms with Crippen LogP contribution >= 0.6 is 0 Å². The first-order chi connectivity index (χ1) is 19.5. The van der Waals surface area contributed by atoms with Gasteiger partial charge in [0.05, 0.1) is 0 Å². The van der Waals surface area contributed by atoms with Crippen LogP contribution in [-0.4, -0.2) is 143 Å². The molecule has 0 radical (unpaired) electrons. The Hall–Kier alpha value is -0.240. The molecule has 6 heteroatoms. The van der Waals surface area contributed by atoms with Crippen LogP contribution in [0.2, 0.25) is 0 Å². The van der Waals surface area contributed by atoms with Crippen molar-refractivity contribution in [1.29, 1.82) is 0 Å². The molecule has 0 aliphatic carbocycles. The Bertz CT molecular complexity index is 802. The summed E-state index contributed by atoms with van der Waals surface area (Å²) in [5.74, 6) is 1.73. The summed E-state index contributed by atoms with van der Waals surface area (Å²) in [7, 11) is 0. The lowest BCUT2D eigenvalue weighted by Gasteiger charge is -2.49. The van der Waals surface area contributed by atoms with Crippen molar-refractivity contribution in [2.75, 3.05) is 91.6 Å². The number of piperazine rings is 2. The Labute approximate surface area is 262 Å². The highest BCUT2D eigenvalue weighted by atomic mass is 15.3. The van der Waals surface area contributed by atoms with E-state index in [1.807, 2.05) is 0 Å². The van der Waals surface area contributed by atoms with E-state index in [-0.39, 0.29) is 5.54 Å². The van der Waals surface area contributed by atoms with Crippen molar-refractivity contribution in [1.82, 2.24) is 29.4 Å². The molecule has 0 amide bonds. The molecule has 246 valence electrons. The average molecular weight is 589 g/mol. The van der Waals surface area contributed by atoms with E-state index in [0.717, 1.165) is 11.8 Å². The molecule has 6 nitrogen and oxygen atoms in total. The summed E-state index contributed by atoms with van der Waals surface area (Å²) in [6.45, 7) is 42.0. The van der Waals surface area contributed by atoms with Crippen LogP contribution in [0.1, 0.15) is 108 Å². The van der Waals surface area contributed by atoms with Gasteiger partial charge in [-0.15, -0.1) is 0 Å². The maximum Gasteiger partial charge on any atom is 0.0155 e. The van der Waals surface area contributed by atoms with Crippen LogP contribution in [-0.2, 0) is 0 Å². The maximum absolute atomic E-state index is 2.83. The smallest absolute Gasteiger partial charge is 0.0155 e. The van der Waals surface area contributed by atoms with Gasteiger partial charge < -0.3 is 9.80 Å². The van der Waals surface area contributed by atoms with E-state index in [2.05, 4.69) is 98.6 Å². The Morgan fingerprint density at radius 3 is 1.33 bits per heavy atom. The summed E-state index contributed by atoms with van der Waals surface area (Å²) >= 11 is 0. The molecule has 0 aromatic rings. The fourth-order valence-electron chi connectivity index (χ4n) is 8.34. The zero-order valence-corrected chi connectivity index (χ0v) is 30.0. The maximum atomic E-state index is 2.83. The van der Waals surface area contributed by atoms with Crippen molar-refractivity contribution in [2.45, 2.75) is 130 Å². The van der Waals surface area contributed by atoms with Gasteiger partial charge in [0, 0.05) is 94.1 Å². The molecule has 4 saturated heterocycles. The van der Waals surface area contributed by atoms with E-state index in [1.54, 1.807) is 0 Å². The summed E-state index contributed by atoms with van der Waals surface area (Å²) in [5.41, 5.74) is 1.20. The van der Waals surface area contributed by atoms with Gasteiger partial charge in [-0.1, -0.05) is 0 Å². The number of likely N-dealkylation sites (tertiary alicyclic amines) is 2. The quantitative estimate of drug-likeness (QED) is 0.348. The number of nitrogens with zero attached hydrogens (tertiary/aromatic N) is 6. The second kappa shape index (κ2) is 14.0. The van der Waals surface area contributed by atoms with Gasteiger partial charge in [-0.2, -0.15) is 0 Å². The predicted octanol–water partition coefficient (Wildman–Crippen LogP) is 5.58. The summed E-state index contributed by atoms with van der Waals surface area (Å²) < 4.78 is 0. The average Bonchev–Trinajstić information content (AvgIpc) is 2.92. The second-order valence-corrected chi connectivity index (χ2v) is 17.9. The molecule has 4 heterocycles. The van der Waals surface area contributed by atoms with Crippen LogP contribution in [0, 0.1) is 11.8 Å². The summed E-state index contributed by atoms with van der Waals surface area (Å²) in [4.78, 5) is 16.6. The summed E-state index contributed by atoms with van der Waals surface area (Å²) in [6.07, 6.45) is 8.13. The van der Waals surface area contributed by atoms with Crippen LogP contribution in [0.25, 0.3) is 0 Å². The van der Waals surface area contributed by atoms with Crippen molar-refractivity contribution in [3.05, 3.63) is 0 Å². The molecule has 0 N–H and O–H groups in total. The minimum absolute atomic E-state index is 0.282. The molecule has 4 rings (SSSR count). The van der Waals surface area contributed by atoms with Crippen LogP contribution in [0.5, 0.6) is 0 Å². The van der Waals surface area contributed by atoms with Gasteiger partial charge in [0.2, 0.25) is 0 Å². The summed E-state index contributed by atoms with van der Waals surface area (Å²) in [5, 5.41) is 0. The van der Waals surface area contributed by atoms with Gasteiger partial charge in [0.1, 0.15) is 0 Å². The topological polar surface area (TPSA) is 19.4 Å². The van der Waals surface area contributed by atoms with Crippen LogP contribution in [0.15, 0.2) is 0 Å². The lowest BCUT2D eigenvalue weighted by molar-refractivity contribution is 0.00780. The first-order valence-corrected chi connectivity index (χ1v) is 18.0. The first kappa shape index (κ1) is 34.6. The Balaban J connectivity index is 1.15. The summed E-state index contributed by atoms with van der Waals surface area (Å²) in [6, 6.07) is 0. The highest BCUT2D eigenvalue weighted by Crippen LogP contribution is 2.33. The molecule has 0 aromatic carbocycles. The molecular weight excluding hydrogens is 516 g/mol. The van der Waals surface area contributed by atoms with E-state index in [1.165, 1.54) is 130 Å². The molecule has 0 aromatic heterocycles. The molecule has 1 atom stereocenters. The molecule has 0 unspecified atom stereocenters. The molecular formula is C36H72N6. The molecule has 4 fully saturated rings. The zero-order valence-electron chi connectivity index (χ0n) is 30.0. The zero-order chi connectivity index (χ0) is 30.8. The van der Waals surface area contributed by atoms with Crippen LogP contribution in [0.4, 0.5) is 0 Å². The number of rotatable bonds is 9. The van der Waals surface area contributed by atoms with Crippen molar-refractivity contribution in [2.24, 2.45) is 11.8 Å². The Morgan fingerprint density at radius 1 is 0.429 bits per heavy atom. The SMILES string of the molecule is CC(C)(C)N1CCN(CC2CCN(C(C)(C)CCC(C)(C)N3CCN(C[C@H]4CCCN(C(C)(C)C)C4)CC3)CC2)CC1. The first-order valence-electron chi connectivity index (χ1n) is 18.0. The van der Waals surface area contributed by atoms with Gasteiger partial charge in [-0.05, 0) is 139 Å². The fourth-order valence-corrected chi connectivity index (χ4v) is 8.34. The van der Waals surface area contributed by atoms with Crippen molar-refractivity contribution < 1.29 is 0 Å². The van der Waals surface area contributed by atoms with Crippen molar-refractivity contribution >= 4 is 0 Å². The third-order valence-electron chi connectivity index (χ3n) is 11.9. The van der Waals surface area contributed by atoms with E-state index in [9.17, 15) is 0 Å². The number of hydrogen-bond donors (Lipinski definition) is 0. The fraction of sp³-hybridized carbons (Fsp3) is 1.00. The molecule has 0 saturated carbocycles. The largest absolute Gasteiger partial charge is 0.301 e. The molecule has 4 aliphatic heterocycles. The van der Waals surface area contributed by atoms with Crippen molar-refractivity contribution in [3.63, 3.8) is 0 Å². The monoisotopic (exact) mass is 589 g/mol. The minimum atomic E-state index is 0.282. The Kier molecular flexibility index (Phi) is 11.6. The molecule has 0 bridgehead atoms. The third-order valence-corrected chi connectivity index (χ3v) is 11.9. The van der Waals surface area contributed by atoms with E-state index >= 15 is 0 Å². The predicted molar refractivity (Wildman–Crippen MR) is 182 cm³/mol. The molecule has 0 spiro atoms. The highest BCUT2D eigenvalue weighted by molar-refractivity contribution is 4.93. The highest BCUT2D eigenvalue weighted by Gasteiger charge is 2.37. The second-order valence-electron chi connectivity index (χ2n) is 17.9. The van der Waals surface area contributed by atoms with Gasteiger partial charge in [-0.3, -0.25) is 19.6 Å². The standard InChI is InChI=1S/C36H72N6/c1-33(2,3)39-24-20-37(21-25-39)28-31-13-18-40(19-14-31)35(7,8)15-16-36(9,10)41-26-22-38(23-27-41)29-32-12-11-17-42(30-32)34(4,5)6/h31-32H,11-30H2,1-10H3/t32-/m1/s1. The minimum Gasteiger partial charge on any atom is -0.301 e. The molecule has 42 heavy (non-hydrogen) atoms. The van der Waals surface area contributed by atoms with Crippen LogP contribution < -0.4 is 0 Å². The van der Waals surface area contributed by atoms with Gasteiger partial charge in [0.25, 0.3) is 0 Å². The van der Waals surface area contributed by atoms with Crippen molar-refractivity contribution in [3.8, 4) is 0 Å². The van der Waals surface area contributed by atoms with E-state index in [4.69, 9.17) is 0 Å². The number of piperidine rings is 2. The van der Waals surface area contributed by atoms with Crippen LogP contribution in [0.3, 0.4) is 0 Å².